The Bertz CT molecular complexity index is 847. The fourth-order valence-electron chi connectivity index (χ4n) is 2.73. The number of phenolic OH excluding ortho intramolecular Hbond substituents is 1. The number of ketones is 1. The molecule has 1 aliphatic heterocycles. The Morgan fingerprint density at radius 2 is 1.88 bits per heavy atom. The first-order valence-corrected chi connectivity index (χ1v) is 7.71. The SMILES string of the molecule is CC(=O)C1=C(c2ccccc2)NC(=O)N[C@H]1c1ccc(O)c(Cl)c1. The predicted molar refractivity (Wildman–Crippen MR) is 91.6 cm³/mol. The zero-order chi connectivity index (χ0) is 17.3. The maximum atomic E-state index is 12.3. The molecule has 0 bridgehead atoms. The van der Waals surface area contributed by atoms with E-state index in [2.05, 4.69) is 10.6 Å². The Hall–Kier alpha value is -2.79. The van der Waals surface area contributed by atoms with Gasteiger partial charge in [0, 0.05) is 5.57 Å². The van der Waals surface area contributed by atoms with Gasteiger partial charge in [-0.05, 0) is 30.2 Å². The van der Waals surface area contributed by atoms with E-state index in [1.807, 2.05) is 30.3 Å². The highest BCUT2D eigenvalue weighted by atomic mass is 35.5. The van der Waals surface area contributed by atoms with Crippen molar-refractivity contribution in [1.29, 1.82) is 0 Å². The molecular weight excluding hydrogens is 328 g/mol. The van der Waals surface area contributed by atoms with Gasteiger partial charge < -0.3 is 15.7 Å². The molecule has 0 unspecified atom stereocenters. The molecule has 5 nitrogen and oxygen atoms in total. The van der Waals surface area contributed by atoms with E-state index in [0.717, 1.165) is 5.56 Å². The molecule has 2 aromatic carbocycles. The van der Waals surface area contributed by atoms with E-state index < -0.39 is 12.1 Å². The molecular formula is C18H15ClN2O3. The van der Waals surface area contributed by atoms with Gasteiger partial charge in [-0.15, -0.1) is 0 Å². The summed E-state index contributed by atoms with van der Waals surface area (Å²) in [5.41, 5.74) is 2.27. The molecule has 0 aliphatic carbocycles. The van der Waals surface area contributed by atoms with Crippen molar-refractivity contribution >= 4 is 29.1 Å². The number of hydrogen-bond donors (Lipinski definition) is 3. The number of Topliss-reactive ketones (excluding diaryl/α,β-unsaturated/α-hetero) is 1. The number of carbonyl (C=O) groups excluding carboxylic acids is 2. The van der Waals surface area contributed by atoms with Crippen molar-refractivity contribution in [3.63, 3.8) is 0 Å². The Morgan fingerprint density at radius 1 is 1.17 bits per heavy atom. The summed E-state index contributed by atoms with van der Waals surface area (Å²) < 4.78 is 0. The average Bonchev–Trinajstić information content (AvgIpc) is 2.57. The van der Waals surface area contributed by atoms with Crippen LogP contribution in [0.15, 0.2) is 54.1 Å². The normalized spacial score (nSPS) is 17.2. The molecule has 0 radical (unpaired) electrons. The number of rotatable bonds is 3. The summed E-state index contributed by atoms with van der Waals surface area (Å²) in [6.07, 6.45) is 0. The Balaban J connectivity index is 2.18. The lowest BCUT2D eigenvalue weighted by Crippen LogP contribution is -2.44. The second kappa shape index (κ2) is 6.37. The van der Waals surface area contributed by atoms with Crippen molar-refractivity contribution < 1.29 is 14.7 Å². The van der Waals surface area contributed by atoms with Gasteiger partial charge in [-0.25, -0.2) is 4.79 Å². The Labute approximate surface area is 144 Å². The zero-order valence-corrected chi connectivity index (χ0v) is 13.6. The molecule has 0 saturated heterocycles. The number of amides is 2. The second-order valence-corrected chi connectivity index (χ2v) is 5.86. The fourth-order valence-corrected chi connectivity index (χ4v) is 2.92. The first-order valence-electron chi connectivity index (χ1n) is 7.34. The number of phenols is 1. The number of urea groups is 1. The van der Waals surface area contributed by atoms with Crippen LogP contribution >= 0.6 is 11.6 Å². The summed E-state index contributed by atoms with van der Waals surface area (Å²) in [5.74, 6) is -0.229. The fraction of sp³-hybridized carbons (Fsp3) is 0.111. The third-order valence-corrected chi connectivity index (χ3v) is 4.12. The molecule has 0 aromatic heterocycles. The largest absolute Gasteiger partial charge is 0.506 e. The highest BCUT2D eigenvalue weighted by Gasteiger charge is 2.31. The van der Waals surface area contributed by atoms with Crippen LogP contribution in [0.5, 0.6) is 5.75 Å². The van der Waals surface area contributed by atoms with Gasteiger partial charge in [0.2, 0.25) is 0 Å². The summed E-state index contributed by atoms with van der Waals surface area (Å²) in [5, 5.41) is 15.2. The molecule has 2 aromatic rings. The lowest BCUT2D eigenvalue weighted by molar-refractivity contribution is -0.113. The Kier molecular flexibility index (Phi) is 4.27. The van der Waals surface area contributed by atoms with Crippen molar-refractivity contribution in [3.8, 4) is 5.75 Å². The zero-order valence-electron chi connectivity index (χ0n) is 12.8. The van der Waals surface area contributed by atoms with Crippen LogP contribution in [0.1, 0.15) is 24.1 Å². The van der Waals surface area contributed by atoms with Crippen molar-refractivity contribution in [2.75, 3.05) is 0 Å². The number of benzene rings is 2. The van der Waals surface area contributed by atoms with Crippen LogP contribution in [0.3, 0.4) is 0 Å². The first-order chi connectivity index (χ1) is 11.5. The highest BCUT2D eigenvalue weighted by molar-refractivity contribution is 6.32. The number of halogens is 1. The van der Waals surface area contributed by atoms with Crippen molar-refractivity contribution in [1.82, 2.24) is 10.6 Å². The lowest BCUT2D eigenvalue weighted by Gasteiger charge is -2.29. The van der Waals surface area contributed by atoms with Gasteiger partial charge in [0.25, 0.3) is 0 Å². The van der Waals surface area contributed by atoms with E-state index in [4.69, 9.17) is 11.6 Å². The lowest BCUT2D eigenvalue weighted by atomic mass is 9.90. The molecule has 3 N–H and O–H groups in total. The van der Waals surface area contributed by atoms with Crippen LogP contribution < -0.4 is 10.6 Å². The summed E-state index contributed by atoms with van der Waals surface area (Å²) >= 11 is 5.97. The number of aromatic hydroxyl groups is 1. The first kappa shape index (κ1) is 16.1. The molecule has 1 heterocycles. The van der Waals surface area contributed by atoms with Crippen LogP contribution in [0.2, 0.25) is 5.02 Å². The minimum absolute atomic E-state index is 0.0580. The van der Waals surface area contributed by atoms with Gasteiger partial charge in [0.05, 0.1) is 16.8 Å². The number of nitrogens with one attached hydrogen (secondary N) is 2. The number of hydrogen-bond acceptors (Lipinski definition) is 3. The van der Waals surface area contributed by atoms with Crippen LogP contribution in [0.25, 0.3) is 5.70 Å². The predicted octanol–water partition coefficient (Wildman–Crippen LogP) is 3.40. The standard InChI is InChI=1S/C18H15ClN2O3/c1-10(22)15-16(11-5-3-2-4-6-11)20-18(24)21-17(15)12-7-8-14(23)13(19)9-12/h2-9,17,23H,1H3,(H2,20,21,24)/t17-/m0/s1. The molecule has 1 aliphatic rings. The minimum Gasteiger partial charge on any atom is -0.506 e. The molecule has 0 spiro atoms. The van der Waals surface area contributed by atoms with Gasteiger partial charge in [0.1, 0.15) is 5.75 Å². The summed E-state index contributed by atoms with van der Waals surface area (Å²) in [6, 6.07) is 12.7. The minimum atomic E-state index is -0.649. The monoisotopic (exact) mass is 342 g/mol. The summed E-state index contributed by atoms with van der Waals surface area (Å²) in [4.78, 5) is 24.4. The molecule has 0 saturated carbocycles. The molecule has 6 heteroatoms. The van der Waals surface area contributed by atoms with Crippen LogP contribution in [0, 0.1) is 0 Å². The van der Waals surface area contributed by atoms with Crippen LogP contribution in [-0.4, -0.2) is 16.9 Å². The van der Waals surface area contributed by atoms with E-state index in [1.54, 1.807) is 12.1 Å². The quantitative estimate of drug-likeness (QED) is 0.800. The van der Waals surface area contributed by atoms with Gasteiger partial charge in [-0.1, -0.05) is 48.0 Å². The average molecular weight is 343 g/mol. The van der Waals surface area contributed by atoms with Gasteiger partial charge in [-0.2, -0.15) is 0 Å². The van der Waals surface area contributed by atoms with E-state index in [0.29, 0.717) is 16.8 Å². The Morgan fingerprint density at radius 3 is 2.50 bits per heavy atom. The molecule has 24 heavy (non-hydrogen) atoms. The van der Waals surface area contributed by atoms with Crippen molar-refractivity contribution in [3.05, 3.63) is 70.3 Å². The van der Waals surface area contributed by atoms with Gasteiger partial charge >= 0.3 is 6.03 Å². The molecule has 3 rings (SSSR count). The smallest absolute Gasteiger partial charge is 0.320 e. The maximum absolute atomic E-state index is 12.3. The van der Waals surface area contributed by atoms with E-state index in [9.17, 15) is 14.7 Å². The van der Waals surface area contributed by atoms with E-state index >= 15 is 0 Å². The topological polar surface area (TPSA) is 78.4 Å². The summed E-state index contributed by atoms with van der Waals surface area (Å²) in [7, 11) is 0. The third kappa shape index (κ3) is 2.98. The van der Waals surface area contributed by atoms with Crippen LogP contribution in [0.4, 0.5) is 4.79 Å². The highest BCUT2D eigenvalue weighted by Crippen LogP contribution is 2.34. The molecule has 2 amide bonds. The molecule has 122 valence electrons. The van der Waals surface area contributed by atoms with Crippen molar-refractivity contribution in [2.24, 2.45) is 0 Å². The van der Waals surface area contributed by atoms with Gasteiger partial charge in [0.15, 0.2) is 5.78 Å². The van der Waals surface area contributed by atoms with E-state index in [-0.39, 0.29) is 16.6 Å². The van der Waals surface area contributed by atoms with E-state index in [1.165, 1.54) is 13.0 Å². The van der Waals surface area contributed by atoms with Crippen molar-refractivity contribution in [2.45, 2.75) is 13.0 Å². The number of carbonyl (C=O) groups is 2. The summed E-state index contributed by atoms with van der Waals surface area (Å²) in [6.45, 7) is 1.45. The molecule has 0 fully saturated rings. The van der Waals surface area contributed by atoms with Crippen LogP contribution in [-0.2, 0) is 4.79 Å². The molecule has 1 atom stereocenters. The van der Waals surface area contributed by atoms with Gasteiger partial charge in [-0.3, -0.25) is 4.79 Å². The second-order valence-electron chi connectivity index (χ2n) is 5.45. The maximum Gasteiger partial charge on any atom is 0.320 e. The third-order valence-electron chi connectivity index (χ3n) is 3.82.